The van der Waals surface area contributed by atoms with Crippen LogP contribution in [-0.4, -0.2) is 156 Å². The number of hydrogen-bond acceptors (Lipinski definition) is 23. The molecule has 0 radical (unpaired) electrons. The summed E-state index contributed by atoms with van der Waals surface area (Å²) in [6.45, 7) is 9.09. The van der Waals surface area contributed by atoms with Crippen LogP contribution in [0.4, 0.5) is 39.0 Å². The van der Waals surface area contributed by atoms with Crippen molar-refractivity contribution in [3.8, 4) is 46.0 Å². The molecule has 1 aromatic heterocycles. The number of sulfone groups is 4. The molecule has 0 spiro atoms. The summed E-state index contributed by atoms with van der Waals surface area (Å²) in [6.07, 6.45) is 5.00. The molecule has 0 saturated heterocycles. The minimum atomic E-state index is -3.45. The third kappa shape index (κ3) is 30.9. The van der Waals surface area contributed by atoms with Crippen molar-refractivity contribution < 1.29 is 124 Å². The van der Waals surface area contributed by atoms with E-state index in [0.29, 0.717) is 130 Å². The normalized spacial score (nSPS) is 12.2. The summed E-state index contributed by atoms with van der Waals surface area (Å²) >= 11 is 0. The van der Waals surface area contributed by atoms with Crippen molar-refractivity contribution in [3.63, 3.8) is 0 Å². The van der Waals surface area contributed by atoms with Gasteiger partial charge in [-0.05, 0) is 171 Å². The molecule has 0 fully saturated rings. The molecule has 113 heavy (non-hydrogen) atoms. The van der Waals surface area contributed by atoms with E-state index in [2.05, 4.69) is 4.98 Å². The molecule has 9 aromatic rings. The summed E-state index contributed by atoms with van der Waals surface area (Å²) < 4.78 is 204. The Kier molecular flexibility index (Phi) is 38.4. The molecule has 0 bridgehead atoms. The fraction of sp³-hybridized carbons (Fsp3) is 0.342. The van der Waals surface area contributed by atoms with Gasteiger partial charge in [0.15, 0.2) is 46.0 Å². The van der Waals surface area contributed by atoms with Crippen LogP contribution in [0, 0.1) is 56.7 Å². The second kappa shape index (κ2) is 44.5. The average Bonchev–Trinajstić information content (AvgIpc) is 1.63. The third-order valence-electron chi connectivity index (χ3n) is 16.0. The van der Waals surface area contributed by atoms with Crippen LogP contribution < -0.4 is 55.1 Å². The van der Waals surface area contributed by atoms with Crippen molar-refractivity contribution >= 4 is 67.4 Å². The van der Waals surface area contributed by atoms with E-state index in [4.69, 9.17) is 49.4 Å². The van der Waals surface area contributed by atoms with Crippen LogP contribution in [0.25, 0.3) is 11.0 Å². The Balaban J connectivity index is 0.000000374. The zero-order valence-corrected chi connectivity index (χ0v) is 70.4. The van der Waals surface area contributed by atoms with Crippen LogP contribution in [0.5, 0.6) is 46.0 Å². The van der Waals surface area contributed by atoms with Crippen molar-refractivity contribution in [1.29, 1.82) is 0 Å². The molecule has 27 nitrogen and oxygen atoms in total. The van der Waals surface area contributed by atoms with Crippen molar-refractivity contribution in [1.82, 2.24) is 9.55 Å². The quantitative estimate of drug-likeness (QED) is 0.0119. The summed E-state index contributed by atoms with van der Waals surface area (Å²) in [7, 11) is -7.10. The predicted molar refractivity (Wildman–Crippen MR) is 419 cm³/mol. The first-order valence-electron chi connectivity index (χ1n) is 33.7. The largest absolute Gasteiger partial charge is 0.493 e. The predicted octanol–water partition coefficient (Wildman–Crippen LogP) is 12.7. The van der Waals surface area contributed by atoms with Gasteiger partial charge in [-0.1, -0.05) is 30.3 Å². The van der Waals surface area contributed by atoms with Gasteiger partial charge in [0.25, 0.3) is 5.69 Å². The number of rotatable bonds is 31. The maximum absolute atomic E-state index is 13.5. The Bertz CT molecular complexity index is 5240. The van der Waals surface area contributed by atoms with Crippen molar-refractivity contribution in [2.45, 2.75) is 64.5 Å². The van der Waals surface area contributed by atoms with Gasteiger partial charge in [0.1, 0.15) is 62.6 Å². The number of hydrogen-bond donors (Lipinski definition) is 3. The van der Waals surface area contributed by atoms with Gasteiger partial charge in [-0.3, -0.25) is 24.8 Å². The van der Waals surface area contributed by atoms with Gasteiger partial charge in [0.05, 0.1) is 117 Å². The molecule has 618 valence electrons. The first-order valence-corrected chi connectivity index (χ1v) is 42.0. The molecule has 0 amide bonds. The number of aromatic nitrogens is 2. The number of halogens is 5. The topological polar surface area (TPSA) is 387 Å². The van der Waals surface area contributed by atoms with Gasteiger partial charge in [-0.25, -0.2) is 56.0 Å². The van der Waals surface area contributed by atoms with E-state index in [0.717, 1.165) is 36.3 Å². The van der Waals surface area contributed by atoms with E-state index >= 15 is 0 Å². The van der Waals surface area contributed by atoms with Crippen molar-refractivity contribution in [2.24, 2.45) is 5.73 Å². The number of nitrogen functional groups attached to an aromatic ring is 1. The number of methoxy groups -OCH3 is 4. The zero-order chi connectivity index (χ0) is 82.9. The van der Waals surface area contributed by atoms with Gasteiger partial charge in [-0.15, -0.1) is 0 Å². The molecule has 0 aliphatic heterocycles. The number of nitro benzene ring substituents is 2. The Hall–Kier alpha value is -9.87. The molecule has 9 rings (SSSR count). The number of nitro groups is 2. The van der Waals surface area contributed by atoms with E-state index in [1.807, 2.05) is 33.8 Å². The second-order valence-electron chi connectivity index (χ2n) is 24.9. The summed E-state index contributed by atoms with van der Waals surface area (Å²) in [5.41, 5.74) is 14.7. The number of nitrogens with one attached hydrogen (secondary N) is 1. The molecule has 4 atom stereocenters. The molecule has 0 unspecified atom stereocenters. The number of H-pyrrole nitrogens is 1. The van der Waals surface area contributed by atoms with Crippen LogP contribution >= 0.6 is 0 Å². The second-order valence-corrected chi connectivity index (χ2v) is 33.6. The fourth-order valence-corrected chi connectivity index (χ4v) is 15.1. The Morgan fingerprint density at radius 2 is 0.788 bits per heavy atom. The van der Waals surface area contributed by atoms with Crippen molar-refractivity contribution in [3.05, 3.63) is 246 Å². The van der Waals surface area contributed by atoms with Gasteiger partial charge < -0.3 is 61.8 Å². The number of nitrogens with zero attached hydrogens (tertiary/aromatic N) is 3. The van der Waals surface area contributed by atoms with Gasteiger partial charge in [0.2, 0.25) is 5.82 Å². The van der Waals surface area contributed by atoms with Crippen LogP contribution in [0.3, 0.4) is 0 Å². The van der Waals surface area contributed by atoms with Crippen LogP contribution in [0.2, 0.25) is 0 Å². The Labute approximate surface area is 668 Å². The number of benzene rings is 8. The summed E-state index contributed by atoms with van der Waals surface area (Å²) in [5.74, 6) is -0.900. The minimum absolute atomic E-state index is 0. The van der Waals surface area contributed by atoms with Gasteiger partial charge in [-0.2, -0.15) is 4.39 Å². The molecule has 1 heterocycles. The van der Waals surface area contributed by atoms with E-state index < -0.39 is 108 Å². The third-order valence-corrected chi connectivity index (χ3v) is 19.9. The Morgan fingerprint density at radius 1 is 0.442 bits per heavy atom. The molecule has 8 aromatic carbocycles. The van der Waals surface area contributed by atoms with Crippen LogP contribution in [0.15, 0.2) is 150 Å². The molecule has 0 aliphatic rings. The maximum Gasteiger partial charge on any atom is 0.327 e. The standard InChI is InChI=1S/C19H21FN2O5S.C19H22FNO6S.C19H24FNO4S.C12H19NO4S.C6H3F2NO2.CH3.W/c1-4-27-18-9-12(5-8-17(18)26-2)16(11-28(3,24)25)22-15-7-6-13(20)10-14(15)21-19(22)23;1-4-27-19-10-13(6-8-18(19)26-2)15(12-28(3,24)25)9-14-5-7-16(20)11-17(14)21(22)23;1-4-25-19-10-13(6-8-18(19)24-2)15(12-26(3,22)23)9-14-5-7-16(20)11-17(14)21;1-4-17-12-7-9(5-6-11(12)16-2)10(13)8-18(3,14)15;7-4-1-2-5(8)6(3-4)9(10)11;;/h5-10,16H,4,11H2,1-3H3,(H,21,23);5-8,10-11,15H,4,9,12H2,1-3H3;5-8,10-11,15H,4,9,12,21H2,1-3H3;5-7,10H,4,8,13H2,1-3H3;1-3H;1H3;/q;;;;;-1;/t16-;2*15-;10-;;;/m1111.../s1. The average molecular weight is 1830 g/mol. The number of fused-ring (bicyclic) bond motifs is 1. The Morgan fingerprint density at radius 3 is 1.18 bits per heavy atom. The number of anilines is 1. The fourth-order valence-electron chi connectivity index (χ4n) is 11.3. The molecular weight excluding hydrogens is 1740 g/mol. The van der Waals surface area contributed by atoms with Crippen molar-refractivity contribution in [2.75, 3.05) is 109 Å². The number of ether oxygens (including phenoxy) is 8. The molecule has 37 heteroatoms. The SMILES string of the molecule is CCOc1cc([C@@H](CS(C)(=O)=O)n2c(=O)[nH]c3cc(F)ccc32)ccc1OC.CCOc1cc([C@H](Cc2ccc(F)cc2N)CS(C)(=O)=O)ccc1OC.CCOc1cc([C@H](Cc2ccc(F)cc2[N+](=O)[O-])CS(C)(=O)=O)ccc1OC.CCOc1cc([C@H](N)CS(C)(=O)=O)ccc1OC.O=[N+]([O-])c1cc(F)ccc1F.[CH3-].[W]. The first kappa shape index (κ1) is 97.3. The van der Waals surface area contributed by atoms with E-state index in [9.17, 15) is 80.6 Å². The van der Waals surface area contributed by atoms with E-state index in [1.54, 1.807) is 87.0 Å². The molecule has 0 saturated carbocycles. The van der Waals surface area contributed by atoms with Gasteiger partial charge in [0, 0.05) is 75.2 Å². The van der Waals surface area contributed by atoms with Gasteiger partial charge >= 0.3 is 11.4 Å². The summed E-state index contributed by atoms with van der Waals surface area (Å²) in [6, 6.07) is 32.6. The smallest absolute Gasteiger partial charge is 0.327 e. The minimum Gasteiger partial charge on any atom is -0.493 e. The molecule has 5 N–H and O–H groups in total. The van der Waals surface area contributed by atoms with Crippen LogP contribution in [-0.2, 0) is 73.3 Å². The monoisotopic (exact) mass is 1830 g/mol. The molecule has 0 aliphatic carbocycles. The zero-order valence-electron chi connectivity index (χ0n) is 64.2. The summed E-state index contributed by atoms with van der Waals surface area (Å²) in [5, 5.41) is 21.3. The summed E-state index contributed by atoms with van der Waals surface area (Å²) in [4.78, 5) is 34.8. The first-order chi connectivity index (χ1) is 52.1. The maximum atomic E-state index is 13.5. The van der Waals surface area contributed by atoms with E-state index in [-0.39, 0.29) is 75.1 Å². The molecular formula is C76H92F5N6O21S4W-. The number of imidazole rings is 1. The van der Waals surface area contributed by atoms with E-state index in [1.165, 1.54) is 67.7 Å². The van der Waals surface area contributed by atoms with Crippen LogP contribution in [0.1, 0.15) is 85.0 Å². The number of nitrogens with two attached hydrogens (primary N) is 2. The number of aromatic amines is 1.